The second kappa shape index (κ2) is 6.75. The molecule has 2 aromatic heterocycles. The van der Waals surface area contributed by atoms with E-state index in [2.05, 4.69) is 34.4 Å². The molecule has 1 aromatic carbocycles. The van der Waals surface area contributed by atoms with Gasteiger partial charge in [0.1, 0.15) is 0 Å². The normalized spacial score (nSPS) is 12.5. The molecule has 0 aliphatic carbocycles. The molecule has 0 saturated heterocycles. The van der Waals surface area contributed by atoms with E-state index in [4.69, 9.17) is 4.52 Å². The molecule has 1 N–H and O–H groups in total. The zero-order chi connectivity index (χ0) is 16.2. The van der Waals surface area contributed by atoms with Crippen molar-refractivity contribution in [3.8, 4) is 17.1 Å². The number of aromatic nitrogens is 4. The van der Waals surface area contributed by atoms with Crippen molar-refractivity contribution in [2.24, 2.45) is 0 Å². The molecule has 6 nitrogen and oxygen atoms in total. The number of nitrogens with zero attached hydrogens (tertiary/aromatic N) is 4. The smallest absolute Gasteiger partial charge is 0.261 e. The van der Waals surface area contributed by atoms with Crippen LogP contribution in [0.4, 0.5) is 0 Å². The molecule has 6 heteroatoms. The lowest BCUT2D eigenvalue weighted by molar-refractivity contribution is 0.418. The number of benzene rings is 1. The van der Waals surface area contributed by atoms with E-state index in [0.29, 0.717) is 17.8 Å². The summed E-state index contributed by atoms with van der Waals surface area (Å²) in [6.45, 7) is 4.18. The first-order chi connectivity index (χ1) is 11.2. The first-order valence-electron chi connectivity index (χ1n) is 7.85. The van der Waals surface area contributed by atoms with Crippen molar-refractivity contribution in [1.29, 1.82) is 0 Å². The molecular weight excluding hydrogens is 290 g/mol. The van der Waals surface area contributed by atoms with Crippen molar-refractivity contribution in [2.75, 3.05) is 7.05 Å². The Balaban J connectivity index is 1.93. The Morgan fingerprint density at radius 3 is 2.74 bits per heavy atom. The Morgan fingerprint density at radius 2 is 2.04 bits per heavy atom. The minimum Gasteiger partial charge on any atom is -0.334 e. The van der Waals surface area contributed by atoms with Crippen LogP contribution in [-0.4, -0.2) is 33.0 Å². The van der Waals surface area contributed by atoms with E-state index in [1.165, 1.54) is 0 Å². The quantitative estimate of drug-likeness (QED) is 0.758. The van der Waals surface area contributed by atoms with Crippen molar-refractivity contribution in [3.63, 3.8) is 0 Å². The van der Waals surface area contributed by atoms with E-state index in [1.807, 2.05) is 42.1 Å². The van der Waals surface area contributed by atoms with Crippen LogP contribution in [0, 0.1) is 0 Å². The summed E-state index contributed by atoms with van der Waals surface area (Å²) in [4.78, 5) is 4.51. The predicted octanol–water partition coefficient (Wildman–Crippen LogP) is 2.64. The number of rotatable bonds is 6. The van der Waals surface area contributed by atoms with Crippen LogP contribution in [0.1, 0.15) is 25.4 Å². The van der Waals surface area contributed by atoms with Gasteiger partial charge < -0.3 is 9.84 Å². The number of hydrogen-bond donors (Lipinski definition) is 1. The van der Waals surface area contributed by atoms with Gasteiger partial charge in [0.05, 0.1) is 23.1 Å². The summed E-state index contributed by atoms with van der Waals surface area (Å²) in [5.74, 6) is 1.23. The maximum atomic E-state index is 5.45. The van der Waals surface area contributed by atoms with Crippen molar-refractivity contribution in [1.82, 2.24) is 25.2 Å². The van der Waals surface area contributed by atoms with Crippen LogP contribution in [0.2, 0.25) is 0 Å². The average molecular weight is 311 g/mol. The molecule has 0 fully saturated rings. The average Bonchev–Trinajstić information content (AvgIpc) is 3.21. The third-order valence-corrected chi connectivity index (χ3v) is 3.88. The third kappa shape index (κ3) is 3.17. The van der Waals surface area contributed by atoms with Crippen molar-refractivity contribution in [2.45, 2.75) is 32.7 Å². The van der Waals surface area contributed by atoms with Crippen LogP contribution in [0.15, 0.2) is 41.1 Å². The molecule has 2 heterocycles. The molecule has 1 atom stereocenters. The van der Waals surface area contributed by atoms with Crippen LogP contribution in [0.25, 0.3) is 17.1 Å². The van der Waals surface area contributed by atoms with Gasteiger partial charge in [0, 0.05) is 12.5 Å². The van der Waals surface area contributed by atoms with E-state index in [1.54, 1.807) is 6.20 Å². The lowest BCUT2D eigenvalue weighted by atomic mass is 10.2. The van der Waals surface area contributed by atoms with Gasteiger partial charge in [-0.1, -0.05) is 30.3 Å². The van der Waals surface area contributed by atoms with Gasteiger partial charge in [0.2, 0.25) is 0 Å². The van der Waals surface area contributed by atoms with Crippen LogP contribution in [0.3, 0.4) is 0 Å². The highest BCUT2D eigenvalue weighted by Gasteiger charge is 2.18. The summed E-state index contributed by atoms with van der Waals surface area (Å²) in [5.41, 5.74) is 2.99. The van der Waals surface area contributed by atoms with Crippen LogP contribution in [0.5, 0.6) is 0 Å². The van der Waals surface area contributed by atoms with E-state index in [-0.39, 0.29) is 0 Å². The summed E-state index contributed by atoms with van der Waals surface area (Å²) in [7, 11) is 1.92. The highest BCUT2D eigenvalue weighted by molar-refractivity contribution is 5.57. The van der Waals surface area contributed by atoms with Crippen molar-refractivity contribution >= 4 is 0 Å². The summed E-state index contributed by atoms with van der Waals surface area (Å²) < 4.78 is 7.37. The summed E-state index contributed by atoms with van der Waals surface area (Å²) in [6.07, 6.45) is 3.35. The standard InChI is InChI=1S/C17H21N5O/c1-4-15-14(11-19-22(15)13-8-6-5-7-9-13)17-20-16(21-23-17)10-12(2)18-3/h5-9,11-12,18H,4,10H2,1-3H3. The SMILES string of the molecule is CCc1c(-c2nc(CC(C)NC)no2)cnn1-c1ccccc1. The van der Waals surface area contributed by atoms with Gasteiger partial charge in [-0.05, 0) is 32.5 Å². The first kappa shape index (κ1) is 15.4. The molecule has 0 bridgehead atoms. The molecule has 0 amide bonds. The minimum absolute atomic E-state index is 0.304. The van der Waals surface area contributed by atoms with Gasteiger partial charge in [-0.15, -0.1) is 0 Å². The maximum absolute atomic E-state index is 5.45. The Kier molecular flexibility index (Phi) is 4.52. The fourth-order valence-electron chi connectivity index (χ4n) is 2.51. The van der Waals surface area contributed by atoms with E-state index in [9.17, 15) is 0 Å². The molecule has 0 aliphatic heterocycles. The summed E-state index contributed by atoms with van der Waals surface area (Å²) in [6, 6.07) is 10.4. The second-order valence-electron chi connectivity index (χ2n) is 5.52. The van der Waals surface area contributed by atoms with E-state index >= 15 is 0 Å². The van der Waals surface area contributed by atoms with Gasteiger partial charge in [0.15, 0.2) is 5.82 Å². The minimum atomic E-state index is 0.304. The van der Waals surface area contributed by atoms with E-state index < -0.39 is 0 Å². The molecule has 0 radical (unpaired) electrons. The topological polar surface area (TPSA) is 68.8 Å². The maximum Gasteiger partial charge on any atom is 0.261 e. The Hall–Kier alpha value is -2.47. The van der Waals surface area contributed by atoms with Crippen LogP contribution >= 0.6 is 0 Å². The highest BCUT2D eigenvalue weighted by atomic mass is 16.5. The highest BCUT2D eigenvalue weighted by Crippen LogP contribution is 2.25. The van der Waals surface area contributed by atoms with Gasteiger partial charge in [-0.25, -0.2) is 4.68 Å². The number of hydrogen-bond acceptors (Lipinski definition) is 5. The molecule has 23 heavy (non-hydrogen) atoms. The van der Waals surface area contributed by atoms with E-state index in [0.717, 1.165) is 29.8 Å². The monoisotopic (exact) mass is 311 g/mol. The largest absolute Gasteiger partial charge is 0.334 e. The fourth-order valence-corrected chi connectivity index (χ4v) is 2.51. The molecule has 1 unspecified atom stereocenters. The first-order valence-corrected chi connectivity index (χ1v) is 7.85. The summed E-state index contributed by atoms with van der Waals surface area (Å²) in [5, 5.41) is 11.7. The Bertz CT molecular complexity index is 762. The predicted molar refractivity (Wildman–Crippen MR) is 88.5 cm³/mol. The molecule has 0 saturated carbocycles. The molecule has 0 aliphatic rings. The lowest BCUT2D eigenvalue weighted by Crippen LogP contribution is -2.24. The van der Waals surface area contributed by atoms with Gasteiger partial charge in [-0.2, -0.15) is 10.1 Å². The molecule has 3 rings (SSSR count). The number of nitrogens with one attached hydrogen (secondary N) is 1. The third-order valence-electron chi connectivity index (χ3n) is 3.88. The van der Waals surface area contributed by atoms with Gasteiger partial charge in [0.25, 0.3) is 5.89 Å². The number of para-hydroxylation sites is 1. The van der Waals surface area contributed by atoms with Gasteiger partial charge in [-0.3, -0.25) is 0 Å². The van der Waals surface area contributed by atoms with Crippen LogP contribution < -0.4 is 5.32 Å². The molecule has 3 aromatic rings. The van der Waals surface area contributed by atoms with Crippen molar-refractivity contribution < 1.29 is 4.52 Å². The van der Waals surface area contributed by atoms with Crippen molar-refractivity contribution in [3.05, 3.63) is 48.0 Å². The van der Waals surface area contributed by atoms with Gasteiger partial charge >= 0.3 is 0 Å². The lowest BCUT2D eigenvalue weighted by Gasteiger charge is -2.06. The molecular formula is C17H21N5O. The number of likely N-dealkylation sites (N-methyl/N-ethyl adjacent to an activating group) is 1. The van der Waals surface area contributed by atoms with Crippen LogP contribution in [-0.2, 0) is 12.8 Å². The molecule has 0 spiro atoms. The second-order valence-corrected chi connectivity index (χ2v) is 5.52. The zero-order valence-corrected chi connectivity index (χ0v) is 13.7. The Morgan fingerprint density at radius 1 is 1.26 bits per heavy atom. The zero-order valence-electron chi connectivity index (χ0n) is 13.7. The molecule has 120 valence electrons. The fraction of sp³-hybridized carbons (Fsp3) is 0.353. The Labute approximate surface area is 135 Å². The summed E-state index contributed by atoms with van der Waals surface area (Å²) >= 11 is 0.